The number of para-hydroxylation sites is 1. The summed E-state index contributed by atoms with van der Waals surface area (Å²) in [6, 6.07) is 17.1. The van der Waals surface area contributed by atoms with Crippen LogP contribution >= 0.6 is 11.3 Å². The van der Waals surface area contributed by atoms with Crippen molar-refractivity contribution in [3.8, 4) is 11.8 Å². The number of ether oxygens (including phenoxy) is 1. The molecule has 1 amide bonds. The van der Waals surface area contributed by atoms with Crippen molar-refractivity contribution in [2.45, 2.75) is 12.8 Å². The monoisotopic (exact) mass is 363 g/mol. The summed E-state index contributed by atoms with van der Waals surface area (Å²) in [4.78, 5) is 16.6. The number of amides is 1. The maximum absolute atomic E-state index is 12.1. The topological polar surface area (TPSA) is 75.0 Å². The molecule has 0 saturated heterocycles. The Kier molecular flexibility index (Phi) is 5.96. The minimum absolute atomic E-state index is 0.231. The van der Waals surface area contributed by atoms with Crippen LogP contribution in [-0.2, 0) is 4.79 Å². The number of carbonyl (C=O) groups excluding carboxylic acids is 1. The molecule has 1 heterocycles. The number of unbranched alkanes of at least 4 members (excludes halogenated alkanes) is 1. The van der Waals surface area contributed by atoms with Crippen molar-refractivity contribution in [2.75, 3.05) is 11.9 Å². The molecule has 0 bridgehead atoms. The fraction of sp³-hybridized carbons (Fsp3) is 0.150. The molecule has 0 atom stereocenters. The molecule has 130 valence electrons. The van der Waals surface area contributed by atoms with Crippen LogP contribution in [0.3, 0.4) is 0 Å². The average molecular weight is 363 g/mol. The predicted molar refractivity (Wildman–Crippen MR) is 104 cm³/mol. The van der Waals surface area contributed by atoms with Crippen LogP contribution in [0.4, 0.5) is 5.69 Å². The highest BCUT2D eigenvalue weighted by atomic mass is 32.1. The Bertz CT molecular complexity index is 939. The van der Waals surface area contributed by atoms with Gasteiger partial charge in [0.15, 0.2) is 0 Å². The van der Waals surface area contributed by atoms with Gasteiger partial charge in [0.25, 0.3) is 0 Å². The molecule has 3 aromatic rings. The number of benzene rings is 2. The Morgan fingerprint density at radius 3 is 3.00 bits per heavy atom. The summed E-state index contributed by atoms with van der Waals surface area (Å²) in [6.45, 7) is 0.475. The molecule has 2 aromatic carbocycles. The smallest absolute Gasteiger partial charge is 0.248 e. The van der Waals surface area contributed by atoms with Gasteiger partial charge in [-0.3, -0.25) is 4.79 Å². The number of fused-ring (bicyclic) bond motifs is 1. The molecule has 5 nitrogen and oxygen atoms in total. The molecule has 0 aliphatic carbocycles. The molecule has 0 unspecified atom stereocenters. The first kappa shape index (κ1) is 17.6. The molecular weight excluding hydrogens is 346 g/mol. The van der Waals surface area contributed by atoms with Crippen LogP contribution in [0.5, 0.6) is 5.75 Å². The number of aromatic nitrogens is 1. The molecule has 0 aliphatic heterocycles. The minimum atomic E-state index is -0.231. The Balaban J connectivity index is 1.58. The Hall–Kier alpha value is -3.17. The van der Waals surface area contributed by atoms with Gasteiger partial charge in [-0.1, -0.05) is 18.2 Å². The number of nitriles is 1. The first-order chi connectivity index (χ1) is 12.7. The van der Waals surface area contributed by atoms with E-state index in [1.807, 2.05) is 36.4 Å². The summed E-state index contributed by atoms with van der Waals surface area (Å²) >= 11 is 1.54. The summed E-state index contributed by atoms with van der Waals surface area (Å²) in [5.41, 5.74) is 1.58. The van der Waals surface area contributed by atoms with Gasteiger partial charge in [0.1, 0.15) is 10.8 Å². The van der Waals surface area contributed by atoms with Crippen LogP contribution in [0.2, 0.25) is 0 Å². The zero-order valence-corrected chi connectivity index (χ0v) is 14.8. The van der Waals surface area contributed by atoms with Gasteiger partial charge in [0, 0.05) is 24.3 Å². The fourth-order valence-corrected chi connectivity index (χ4v) is 3.17. The van der Waals surface area contributed by atoms with Crippen molar-refractivity contribution in [2.24, 2.45) is 0 Å². The Morgan fingerprint density at radius 2 is 2.15 bits per heavy atom. The second kappa shape index (κ2) is 8.79. The summed E-state index contributed by atoms with van der Waals surface area (Å²) in [6.07, 6.45) is 4.32. The van der Waals surface area contributed by atoms with Gasteiger partial charge in [-0.25, -0.2) is 4.98 Å². The molecule has 3 rings (SSSR count). The van der Waals surface area contributed by atoms with Crippen molar-refractivity contribution < 1.29 is 9.53 Å². The number of rotatable bonds is 7. The number of carbonyl (C=O) groups is 1. The van der Waals surface area contributed by atoms with Crippen LogP contribution in [0.15, 0.2) is 54.6 Å². The van der Waals surface area contributed by atoms with Gasteiger partial charge in [-0.15, -0.1) is 11.3 Å². The number of hydrogen-bond acceptors (Lipinski definition) is 5. The van der Waals surface area contributed by atoms with Crippen molar-refractivity contribution in [1.29, 1.82) is 5.26 Å². The third-order valence-electron chi connectivity index (χ3n) is 3.49. The highest BCUT2D eigenvalue weighted by Gasteiger charge is 2.03. The maximum atomic E-state index is 12.1. The van der Waals surface area contributed by atoms with Gasteiger partial charge >= 0.3 is 0 Å². The van der Waals surface area contributed by atoms with Crippen molar-refractivity contribution >= 4 is 39.2 Å². The van der Waals surface area contributed by atoms with Crippen LogP contribution in [-0.4, -0.2) is 17.5 Å². The lowest BCUT2D eigenvalue weighted by Gasteiger charge is -2.07. The van der Waals surface area contributed by atoms with E-state index in [1.165, 1.54) is 6.08 Å². The maximum Gasteiger partial charge on any atom is 0.248 e. The molecule has 6 heteroatoms. The van der Waals surface area contributed by atoms with E-state index >= 15 is 0 Å². The number of nitrogens with one attached hydrogen (secondary N) is 1. The van der Waals surface area contributed by atoms with E-state index in [4.69, 9.17) is 10.00 Å². The van der Waals surface area contributed by atoms with Crippen LogP contribution in [0.1, 0.15) is 17.8 Å². The van der Waals surface area contributed by atoms with E-state index in [9.17, 15) is 4.79 Å². The molecule has 1 N–H and O–H groups in total. The number of anilines is 1. The number of nitrogens with zero attached hydrogens (tertiary/aromatic N) is 2. The van der Waals surface area contributed by atoms with Gasteiger partial charge in [0.05, 0.1) is 22.9 Å². The van der Waals surface area contributed by atoms with Crippen molar-refractivity contribution in [3.63, 3.8) is 0 Å². The van der Waals surface area contributed by atoms with Gasteiger partial charge in [-0.05, 0) is 36.8 Å². The minimum Gasteiger partial charge on any atom is -0.493 e. The lowest BCUT2D eigenvalue weighted by atomic mass is 10.3. The predicted octanol–water partition coefficient (Wildman–Crippen LogP) is 4.63. The molecule has 0 saturated carbocycles. The van der Waals surface area contributed by atoms with E-state index in [-0.39, 0.29) is 5.91 Å². The molecule has 26 heavy (non-hydrogen) atoms. The summed E-state index contributed by atoms with van der Waals surface area (Å²) in [7, 11) is 0. The lowest BCUT2D eigenvalue weighted by Crippen LogP contribution is -2.07. The van der Waals surface area contributed by atoms with E-state index in [0.717, 1.165) is 15.2 Å². The van der Waals surface area contributed by atoms with Gasteiger partial charge in [-0.2, -0.15) is 5.26 Å². The third-order valence-corrected chi connectivity index (χ3v) is 4.49. The van der Waals surface area contributed by atoms with E-state index in [2.05, 4.69) is 16.4 Å². The standard InChI is InChI=1S/C20H17N3O2S/c21-12-3-4-13-25-16-7-5-6-15(14-16)22-19(24)10-11-20-23-17-8-1-2-9-18(17)26-20/h1-2,5-11,14H,3-4,13H2,(H,22,24)/b11-10+. The molecule has 0 radical (unpaired) electrons. The number of hydrogen-bond donors (Lipinski definition) is 1. The highest BCUT2D eigenvalue weighted by molar-refractivity contribution is 7.19. The lowest BCUT2D eigenvalue weighted by molar-refractivity contribution is -0.111. The SMILES string of the molecule is N#CCCCOc1cccc(NC(=O)/C=C/c2nc3ccccc3s2)c1. The molecule has 1 aromatic heterocycles. The molecular formula is C20H17N3O2S. The van der Waals surface area contributed by atoms with Crippen LogP contribution in [0.25, 0.3) is 16.3 Å². The Morgan fingerprint density at radius 1 is 1.27 bits per heavy atom. The van der Waals surface area contributed by atoms with E-state index < -0.39 is 0 Å². The largest absolute Gasteiger partial charge is 0.493 e. The van der Waals surface area contributed by atoms with Crippen LogP contribution < -0.4 is 10.1 Å². The quantitative estimate of drug-likeness (QED) is 0.490. The second-order valence-corrected chi connectivity index (χ2v) is 6.54. The second-order valence-electron chi connectivity index (χ2n) is 5.48. The van der Waals surface area contributed by atoms with Crippen LogP contribution in [0, 0.1) is 11.3 Å². The molecule has 0 aliphatic rings. The fourth-order valence-electron chi connectivity index (χ4n) is 2.30. The average Bonchev–Trinajstić information content (AvgIpc) is 3.07. The normalized spacial score (nSPS) is 10.7. The molecule has 0 spiro atoms. The first-order valence-electron chi connectivity index (χ1n) is 8.19. The van der Waals surface area contributed by atoms with E-state index in [0.29, 0.717) is 30.9 Å². The highest BCUT2D eigenvalue weighted by Crippen LogP contribution is 2.22. The van der Waals surface area contributed by atoms with E-state index in [1.54, 1.807) is 29.5 Å². The van der Waals surface area contributed by atoms with Crippen molar-refractivity contribution in [1.82, 2.24) is 4.98 Å². The zero-order chi connectivity index (χ0) is 18.2. The first-order valence-corrected chi connectivity index (χ1v) is 9.01. The summed E-state index contributed by atoms with van der Waals surface area (Å²) < 4.78 is 6.66. The third kappa shape index (κ3) is 4.91. The number of thiazole rings is 1. The van der Waals surface area contributed by atoms with Gasteiger partial charge < -0.3 is 10.1 Å². The van der Waals surface area contributed by atoms with Crippen molar-refractivity contribution in [3.05, 3.63) is 59.6 Å². The zero-order valence-electron chi connectivity index (χ0n) is 14.0. The summed E-state index contributed by atoms with van der Waals surface area (Å²) in [5, 5.41) is 12.1. The summed E-state index contributed by atoms with van der Waals surface area (Å²) in [5.74, 6) is 0.432. The van der Waals surface area contributed by atoms with Gasteiger partial charge in [0.2, 0.25) is 5.91 Å². The molecule has 0 fully saturated rings. The Labute approximate surface area is 155 Å².